The van der Waals surface area contributed by atoms with Gasteiger partial charge >= 0.3 is 0 Å². The van der Waals surface area contributed by atoms with Gasteiger partial charge in [0, 0.05) is 18.8 Å². The molecule has 0 aliphatic rings. The Morgan fingerprint density at radius 2 is 2.08 bits per heavy atom. The smallest absolute Gasteiger partial charge is 0.0177 e. The van der Waals surface area contributed by atoms with Gasteiger partial charge in [-0.2, -0.15) is 0 Å². The molecule has 0 aromatic rings. The van der Waals surface area contributed by atoms with E-state index in [2.05, 4.69) is 45.2 Å². The summed E-state index contributed by atoms with van der Waals surface area (Å²) in [7, 11) is 0. The molecule has 0 saturated heterocycles. The lowest BCUT2D eigenvalue weighted by molar-refractivity contribution is 0.335. The van der Waals surface area contributed by atoms with Crippen LogP contribution in [0.15, 0.2) is 24.4 Å². The fraction of sp³-hybridized carbons (Fsp3) is 0.667. The van der Waals surface area contributed by atoms with Crippen molar-refractivity contribution in [2.75, 3.05) is 13.1 Å². The van der Waals surface area contributed by atoms with Gasteiger partial charge in [-0.15, -0.1) is 0 Å². The Balaban J connectivity index is 4.02. The van der Waals surface area contributed by atoms with Crippen LogP contribution in [0.5, 0.6) is 0 Å². The normalized spacial score (nSPS) is 11.9. The van der Waals surface area contributed by atoms with E-state index in [0.717, 1.165) is 19.0 Å². The highest BCUT2D eigenvalue weighted by Gasteiger charge is 2.02. The molecule has 0 fully saturated rings. The molecule has 0 radical (unpaired) electrons. The molecular formula is C12H23N. The summed E-state index contributed by atoms with van der Waals surface area (Å²) in [4.78, 5) is 2.39. The molecule has 0 aromatic heterocycles. The average Bonchev–Trinajstić information content (AvgIpc) is 2.05. The second-order valence-corrected chi connectivity index (χ2v) is 3.81. The lowest BCUT2D eigenvalue weighted by Gasteiger charge is -2.24. The molecule has 76 valence electrons. The molecule has 0 aliphatic heterocycles. The minimum atomic E-state index is 0.783. The zero-order valence-corrected chi connectivity index (χ0v) is 9.51. The van der Waals surface area contributed by atoms with Crippen LogP contribution in [0.3, 0.4) is 0 Å². The first kappa shape index (κ1) is 12.3. The molecule has 1 nitrogen and oxygen atoms in total. The van der Waals surface area contributed by atoms with Gasteiger partial charge in [0.25, 0.3) is 0 Å². The SMILES string of the molecule is C=C/C=C(/C)N(CC)CCC(C)C. The maximum Gasteiger partial charge on any atom is 0.0177 e. The zero-order valence-electron chi connectivity index (χ0n) is 9.51. The van der Waals surface area contributed by atoms with Gasteiger partial charge in [-0.3, -0.25) is 0 Å². The summed E-state index contributed by atoms with van der Waals surface area (Å²) in [5.41, 5.74) is 1.32. The van der Waals surface area contributed by atoms with Crippen molar-refractivity contribution in [3.63, 3.8) is 0 Å². The van der Waals surface area contributed by atoms with Crippen LogP contribution in [-0.4, -0.2) is 18.0 Å². The Labute approximate surface area is 83.1 Å². The van der Waals surface area contributed by atoms with Gasteiger partial charge in [-0.05, 0) is 32.3 Å². The minimum absolute atomic E-state index is 0.783. The summed E-state index contributed by atoms with van der Waals surface area (Å²) in [5.74, 6) is 0.783. The Morgan fingerprint density at radius 1 is 1.46 bits per heavy atom. The summed E-state index contributed by atoms with van der Waals surface area (Å²) in [6.07, 6.45) is 5.19. The Kier molecular flexibility index (Phi) is 6.38. The second kappa shape index (κ2) is 6.76. The molecule has 13 heavy (non-hydrogen) atoms. The maximum absolute atomic E-state index is 3.71. The molecule has 0 N–H and O–H groups in total. The number of nitrogens with zero attached hydrogens (tertiary/aromatic N) is 1. The van der Waals surface area contributed by atoms with Crippen LogP contribution in [0, 0.1) is 5.92 Å². The van der Waals surface area contributed by atoms with E-state index in [1.807, 2.05) is 6.08 Å². The summed E-state index contributed by atoms with van der Waals surface area (Å²) in [6.45, 7) is 14.8. The molecule has 0 atom stereocenters. The lowest BCUT2D eigenvalue weighted by atomic mass is 10.1. The number of rotatable bonds is 6. The second-order valence-electron chi connectivity index (χ2n) is 3.81. The zero-order chi connectivity index (χ0) is 10.3. The highest BCUT2D eigenvalue weighted by Crippen LogP contribution is 2.07. The van der Waals surface area contributed by atoms with E-state index >= 15 is 0 Å². The number of hydrogen-bond acceptors (Lipinski definition) is 1. The Morgan fingerprint density at radius 3 is 2.46 bits per heavy atom. The van der Waals surface area contributed by atoms with Crippen molar-refractivity contribution < 1.29 is 0 Å². The molecule has 0 rings (SSSR count). The Bertz CT molecular complexity index is 168. The van der Waals surface area contributed by atoms with E-state index in [0.29, 0.717) is 0 Å². The van der Waals surface area contributed by atoms with Crippen LogP contribution in [0.2, 0.25) is 0 Å². The number of allylic oxidation sites excluding steroid dienone is 3. The van der Waals surface area contributed by atoms with Gasteiger partial charge in [0.1, 0.15) is 0 Å². The van der Waals surface area contributed by atoms with Crippen LogP contribution in [0.25, 0.3) is 0 Å². The lowest BCUT2D eigenvalue weighted by Crippen LogP contribution is -2.23. The summed E-state index contributed by atoms with van der Waals surface area (Å²) in [6, 6.07) is 0. The molecule has 0 spiro atoms. The maximum atomic E-state index is 3.71. The average molecular weight is 181 g/mol. The van der Waals surface area contributed by atoms with E-state index in [1.54, 1.807) is 0 Å². The predicted molar refractivity (Wildman–Crippen MR) is 60.7 cm³/mol. The molecule has 0 amide bonds. The molecule has 1 heteroatoms. The van der Waals surface area contributed by atoms with Crippen LogP contribution in [0.1, 0.15) is 34.1 Å². The minimum Gasteiger partial charge on any atom is -0.375 e. The van der Waals surface area contributed by atoms with Crippen LogP contribution in [-0.2, 0) is 0 Å². The van der Waals surface area contributed by atoms with E-state index in [-0.39, 0.29) is 0 Å². The monoisotopic (exact) mass is 181 g/mol. The topological polar surface area (TPSA) is 3.24 Å². The van der Waals surface area contributed by atoms with Crippen molar-refractivity contribution in [2.24, 2.45) is 5.92 Å². The van der Waals surface area contributed by atoms with Crippen LogP contribution >= 0.6 is 0 Å². The van der Waals surface area contributed by atoms with Crippen LogP contribution in [0.4, 0.5) is 0 Å². The largest absolute Gasteiger partial charge is 0.375 e. The van der Waals surface area contributed by atoms with Crippen molar-refractivity contribution in [3.05, 3.63) is 24.4 Å². The fourth-order valence-electron chi connectivity index (χ4n) is 1.27. The standard InChI is InChI=1S/C12H23N/c1-6-8-12(5)13(7-2)10-9-11(3)4/h6,8,11H,1,7,9-10H2,2-5H3/b12-8-. The molecular weight excluding hydrogens is 158 g/mol. The fourth-order valence-corrected chi connectivity index (χ4v) is 1.27. The third kappa shape index (κ3) is 5.51. The third-order valence-corrected chi connectivity index (χ3v) is 2.22. The van der Waals surface area contributed by atoms with Crippen LogP contribution < -0.4 is 0 Å². The first-order valence-corrected chi connectivity index (χ1v) is 5.16. The molecule has 0 unspecified atom stereocenters. The molecule has 0 aromatic carbocycles. The molecule has 0 aliphatic carbocycles. The first-order valence-electron chi connectivity index (χ1n) is 5.16. The van der Waals surface area contributed by atoms with E-state index in [9.17, 15) is 0 Å². The Hall–Kier alpha value is -0.720. The summed E-state index contributed by atoms with van der Waals surface area (Å²) in [5, 5.41) is 0. The third-order valence-electron chi connectivity index (χ3n) is 2.22. The molecule has 0 bridgehead atoms. The van der Waals surface area contributed by atoms with Crippen molar-refractivity contribution in [1.82, 2.24) is 4.90 Å². The van der Waals surface area contributed by atoms with Crippen molar-refractivity contribution in [2.45, 2.75) is 34.1 Å². The van der Waals surface area contributed by atoms with Crippen molar-refractivity contribution in [1.29, 1.82) is 0 Å². The van der Waals surface area contributed by atoms with Gasteiger partial charge in [-0.25, -0.2) is 0 Å². The van der Waals surface area contributed by atoms with Gasteiger partial charge < -0.3 is 4.90 Å². The predicted octanol–water partition coefficient (Wildman–Crippen LogP) is 3.44. The molecule has 0 saturated carbocycles. The van der Waals surface area contributed by atoms with E-state index in [4.69, 9.17) is 0 Å². The summed E-state index contributed by atoms with van der Waals surface area (Å²) >= 11 is 0. The molecule has 0 heterocycles. The van der Waals surface area contributed by atoms with Gasteiger partial charge in [0.2, 0.25) is 0 Å². The van der Waals surface area contributed by atoms with Gasteiger partial charge in [0.05, 0.1) is 0 Å². The summed E-state index contributed by atoms with van der Waals surface area (Å²) < 4.78 is 0. The number of hydrogen-bond donors (Lipinski definition) is 0. The highest BCUT2D eigenvalue weighted by molar-refractivity contribution is 5.06. The van der Waals surface area contributed by atoms with Gasteiger partial charge in [-0.1, -0.05) is 26.5 Å². The van der Waals surface area contributed by atoms with E-state index in [1.165, 1.54) is 12.1 Å². The quantitative estimate of drug-likeness (QED) is 0.567. The highest BCUT2D eigenvalue weighted by atomic mass is 15.1. The van der Waals surface area contributed by atoms with Crippen molar-refractivity contribution in [3.8, 4) is 0 Å². The first-order chi connectivity index (χ1) is 6.11. The van der Waals surface area contributed by atoms with Gasteiger partial charge in [0.15, 0.2) is 0 Å². The van der Waals surface area contributed by atoms with E-state index < -0.39 is 0 Å². The van der Waals surface area contributed by atoms with Crippen molar-refractivity contribution >= 4 is 0 Å².